The van der Waals surface area contributed by atoms with Crippen LogP contribution < -0.4 is 0 Å². The van der Waals surface area contributed by atoms with Gasteiger partial charge in [0.15, 0.2) is 5.82 Å². The number of hydrogen-bond acceptors (Lipinski definition) is 5. The number of nitrogens with zero attached hydrogens (tertiary/aromatic N) is 4. The van der Waals surface area contributed by atoms with Crippen molar-refractivity contribution in [2.75, 3.05) is 6.54 Å². The van der Waals surface area contributed by atoms with Crippen LogP contribution in [0.4, 0.5) is 0 Å². The Morgan fingerprint density at radius 3 is 3.04 bits per heavy atom. The lowest BCUT2D eigenvalue weighted by Crippen LogP contribution is -2.23. The van der Waals surface area contributed by atoms with Crippen LogP contribution in [-0.4, -0.2) is 31.6 Å². The Hall–Kier alpha value is -2.21. The van der Waals surface area contributed by atoms with Gasteiger partial charge in [-0.15, -0.1) is 0 Å². The molecule has 26 heavy (non-hydrogen) atoms. The fraction of sp³-hybridized carbons (Fsp3) is 0.550. The molecule has 0 amide bonds. The topological polar surface area (TPSA) is 70.8 Å². The molecular weight excluding hydrogens is 326 g/mol. The van der Waals surface area contributed by atoms with Crippen LogP contribution in [0.2, 0.25) is 0 Å². The summed E-state index contributed by atoms with van der Waals surface area (Å²) in [6.07, 6.45) is 4.24. The summed E-state index contributed by atoms with van der Waals surface area (Å²) in [6.45, 7) is 8.25. The third-order valence-electron chi connectivity index (χ3n) is 5.13. The summed E-state index contributed by atoms with van der Waals surface area (Å²) in [4.78, 5) is 15.3. The second kappa shape index (κ2) is 7.19. The van der Waals surface area contributed by atoms with E-state index in [1.165, 1.54) is 5.56 Å². The van der Waals surface area contributed by atoms with Gasteiger partial charge in [-0.2, -0.15) is 4.98 Å². The van der Waals surface area contributed by atoms with Crippen LogP contribution in [0.15, 0.2) is 22.7 Å². The number of aromatic nitrogens is 4. The smallest absolute Gasteiger partial charge is 0.240 e. The van der Waals surface area contributed by atoms with Crippen molar-refractivity contribution < 1.29 is 4.52 Å². The van der Waals surface area contributed by atoms with E-state index in [-0.39, 0.29) is 6.04 Å². The van der Waals surface area contributed by atoms with E-state index in [1.807, 2.05) is 0 Å². The highest BCUT2D eigenvalue weighted by atomic mass is 16.5. The first-order valence-corrected chi connectivity index (χ1v) is 9.60. The van der Waals surface area contributed by atoms with E-state index in [0.29, 0.717) is 18.4 Å². The number of aryl methyl sites for hydroxylation is 2. The monoisotopic (exact) mass is 353 g/mol. The van der Waals surface area contributed by atoms with Gasteiger partial charge in [-0.25, -0.2) is 4.98 Å². The van der Waals surface area contributed by atoms with E-state index >= 15 is 0 Å². The third kappa shape index (κ3) is 3.65. The highest BCUT2D eigenvalue weighted by Crippen LogP contribution is 2.32. The van der Waals surface area contributed by atoms with E-state index in [4.69, 9.17) is 9.51 Å². The number of fused-ring (bicyclic) bond motifs is 1. The van der Waals surface area contributed by atoms with Crippen LogP contribution in [0.1, 0.15) is 62.3 Å². The minimum absolute atomic E-state index is 0.286. The van der Waals surface area contributed by atoms with E-state index in [2.05, 4.69) is 59.0 Å². The molecule has 1 atom stereocenters. The van der Waals surface area contributed by atoms with Gasteiger partial charge in [0, 0.05) is 6.42 Å². The Morgan fingerprint density at radius 1 is 1.31 bits per heavy atom. The number of imidazole rings is 1. The van der Waals surface area contributed by atoms with Gasteiger partial charge in [-0.05, 0) is 56.3 Å². The van der Waals surface area contributed by atoms with Crippen LogP contribution in [0, 0.1) is 12.8 Å². The molecule has 0 spiro atoms. The van der Waals surface area contributed by atoms with Gasteiger partial charge in [0.05, 0.1) is 23.6 Å². The summed E-state index contributed by atoms with van der Waals surface area (Å²) >= 11 is 0. The molecule has 0 bridgehead atoms. The SMILES string of the molecule is Cc1ccc2nc([C@H]3CCCN3Cc3nc(CCC(C)C)no3)[nH]c2c1. The largest absolute Gasteiger partial charge is 0.341 e. The van der Waals surface area contributed by atoms with Crippen molar-refractivity contribution in [2.24, 2.45) is 5.92 Å². The van der Waals surface area contributed by atoms with Crippen LogP contribution in [-0.2, 0) is 13.0 Å². The lowest BCUT2D eigenvalue weighted by Gasteiger charge is -2.20. The summed E-state index contributed by atoms with van der Waals surface area (Å²) in [7, 11) is 0. The lowest BCUT2D eigenvalue weighted by molar-refractivity contribution is 0.207. The van der Waals surface area contributed by atoms with Crippen LogP contribution in [0.25, 0.3) is 11.0 Å². The van der Waals surface area contributed by atoms with E-state index in [9.17, 15) is 0 Å². The minimum atomic E-state index is 0.286. The molecule has 0 aliphatic carbocycles. The Balaban J connectivity index is 1.47. The Kier molecular flexibility index (Phi) is 4.76. The molecule has 0 unspecified atom stereocenters. The molecule has 1 saturated heterocycles. The first kappa shape index (κ1) is 17.2. The summed E-state index contributed by atoms with van der Waals surface area (Å²) in [5.41, 5.74) is 3.39. The molecule has 6 nitrogen and oxygen atoms in total. The number of nitrogens with one attached hydrogen (secondary N) is 1. The second-order valence-corrected chi connectivity index (χ2v) is 7.81. The average molecular weight is 353 g/mol. The molecule has 6 heteroatoms. The van der Waals surface area contributed by atoms with Gasteiger partial charge in [0.1, 0.15) is 5.82 Å². The van der Waals surface area contributed by atoms with Crippen molar-refractivity contribution in [2.45, 2.75) is 59.0 Å². The number of hydrogen-bond donors (Lipinski definition) is 1. The number of benzene rings is 1. The van der Waals surface area contributed by atoms with Crippen molar-refractivity contribution >= 4 is 11.0 Å². The van der Waals surface area contributed by atoms with Crippen LogP contribution in [0.5, 0.6) is 0 Å². The van der Waals surface area contributed by atoms with Crippen LogP contribution in [0.3, 0.4) is 0 Å². The summed E-state index contributed by atoms with van der Waals surface area (Å²) in [5, 5.41) is 4.14. The van der Waals surface area contributed by atoms with Gasteiger partial charge in [-0.3, -0.25) is 4.90 Å². The molecule has 4 rings (SSSR count). The fourth-order valence-corrected chi connectivity index (χ4v) is 3.67. The highest BCUT2D eigenvalue weighted by molar-refractivity contribution is 5.75. The predicted molar refractivity (Wildman–Crippen MR) is 101 cm³/mol. The number of H-pyrrole nitrogens is 1. The zero-order valence-electron chi connectivity index (χ0n) is 15.8. The van der Waals surface area contributed by atoms with Crippen molar-refractivity contribution in [1.29, 1.82) is 0 Å². The minimum Gasteiger partial charge on any atom is -0.341 e. The molecular formula is C20H27N5O. The molecule has 1 aliphatic heterocycles. The zero-order chi connectivity index (χ0) is 18.1. The highest BCUT2D eigenvalue weighted by Gasteiger charge is 2.30. The van der Waals surface area contributed by atoms with Crippen molar-refractivity contribution in [3.05, 3.63) is 41.3 Å². The second-order valence-electron chi connectivity index (χ2n) is 7.81. The standard InChI is InChI=1S/C20H27N5O/c1-13(2)6-9-18-23-19(26-24-18)12-25-10-4-5-17(25)20-21-15-8-7-14(3)11-16(15)22-20/h7-8,11,13,17H,4-6,9-10,12H2,1-3H3,(H,21,22)/t17-/m1/s1. The molecule has 1 N–H and O–H groups in total. The molecule has 1 aromatic carbocycles. The molecule has 1 fully saturated rings. The summed E-state index contributed by atoms with van der Waals surface area (Å²) in [5.74, 6) is 3.23. The van der Waals surface area contributed by atoms with Gasteiger partial charge < -0.3 is 9.51 Å². The molecule has 3 heterocycles. The lowest BCUT2D eigenvalue weighted by atomic mass is 10.1. The normalized spacial score (nSPS) is 18.4. The molecule has 0 radical (unpaired) electrons. The van der Waals surface area contributed by atoms with Crippen molar-refractivity contribution in [3.63, 3.8) is 0 Å². The maximum absolute atomic E-state index is 5.48. The first-order chi connectivity index (χ1) is 12.6. The van der Waals surface area contributed by atoms with Gasteiger partial charge in [-0.1, -0.05) is 25.1 Å². The van der Waals surface area contributed by atoms with Crippen molar-refractivity contribution in [3.8, 4) is 0 Å². The van der Waals surface area contributed by atoms with E-state index in [0.717, 1.165) is 54.9 Å². The van der Waals surface area contributed by atoms with Gasteiger partial charge in [0.2, 0.25) is 5.89 Å². The van der Waals surface area contributed by atoms with Crippen LogP contribution >= 0.6 is 0 Å². The fourth-order valence-electron chi connectivity index (χ4n) is 3.67. The van der Waals surface area contributed by atoms with Gasteiger partial charge >= 0.3 is 0 Å². The number of aromatic amines is 1. The Morgan fingerprint density at radius 2 is 2.19 bits per heavy atom. The van der Waals surface area contributed by atoms with Crippen molar-refractivity contribution in [1.82, 2.24) is 25.0 Å². The maximum atomic E-state index is 5.48. The Labute approximate surface area is 154 Å². The Bertz CT molecular complexity index is 881. The van der Waals surface area contributed by atoms with E-state index < -0.39 is 0 Å². The third-order valence-corrected chi connectivity index (χ3v) is 5.13. The van der Waals surface area contributed by atoms with Gasteiger partial charge in [0.25, 0.3) is 0 Å². The maximum Gasteiger partial charge on any atom is 0.240 e. The molecule has 1 aliphatic rings. The first-order valence-electron chi connectivity index (χ1n) is 9.60. The molecule has 138 valence electrons. The summed E-state index contributed by atoms with van der Waals surface area (Å²) in [6, 6.07) is 6.64. The average Bonchev–Trinajstić information content (AvgIpc) is 3.32. The quantitative estimate of drug-likeness (QED) is 0.720. The number of likely N-dealkylation sites (tertiary alicyclic amines) is 1. The zero-order valence-corrected chi connectivity index (χ0v) is 15.8. The summed E-state index contributed by atoms with van der Waals surface area (Å²) < 4.78 is 5.48. The molecule has 2 aromatic heterocycles. The molecule has 0 saturated carbocycles. The van der Waals surface area contributed by atoms with E-state index in [1.54, 1.807) is 0 Å². The molecule has 3 aromatic rings. The number of rotatable bonds is 6. The predicted octanol–water partition coefficient (Wildman–Crippen LogP) is 4.18.